The summed E-state index contributed by atoms with van der Waals surface area (Å²) in [5, 5.41) is 1.95. The Morgan fingerprint density at radius 2 is 2.38 bits per heavy atom. The molecule has 0 saturated heterocycles. The molecule has 3 heteroatoms. The van der Waals surface area contributed by atoms with Gasteiger partial charge in [0.1, 0.15) is 0 Å². The Morgan fingerprint density at radius 1 is 1.62 bits per heavy atom. The molecular weight excluding hydrogens is 184 g/mol. The van der Waals surface area contributed by atoms with Crippen molar-refractivity contribution in [2.75, 3.05) is 13.2 Å². The second kappa shape index (κ2) is 5.14. The van der Waals surface area contributed by atoms with Crippen LogP contribution in [-0.2, 0) is 4.74 Å². The quantitative estimate of drug-likeness (QED) is 0.537. The van der Waals surface area contributed by atoms with Crippen LogP contribution in [0.15, 0.2) is 11.4 Å². The summed E-state index contributed by atoms with van der Waals surface area (Å²) >= 11 is 1.61. The Kier molecular flexibility index (Phi) is 4.12. The summed E-state index contributed by atoms with van der Waals surface area (Å²) < 4.78 is 5.12. The maximum Gasteiger partial charge on any atom is 0.166 e. The number of carbonyl (C=O) groups excluding carboxylic acids is 1. The van der Waals surface area contributed by atoms with E-state index in [4.69, 9.17) is 4.74 Å². The lowest BCUT2D eigenvalue weighted by atomic mass is 10.1. The van der Waals surface area contributed by atoms with Crippen LogP contribution in [0.5, 0.6) is 0 Å². The van der Waals surface area contributed by atoms with Crippen LogP contribution in [0.1, 0.15) is 28.6 Å². The van der Waals surface area contributed by atoms with E-state index in [0.717, 1.165) is 10.4 Å². The Labute approximate surface area is 82.5 Å². The minimum absolute atomic E-state index is 0.187. The van der Waals surface area contributed by atoms with E-state index in [1.54, 1.807) is 11.3 Å². The number of carbonyl (C=O) groups is 1. The summed E-state index contributed by atoms with van der Waals surface area (Å²) in [6.07, 6.45) is 0.491. The largest absolute Gasteiger partial charge is 0.381 e. The van der Waals surface area contributed by atoms with Crippen LogP contribution in [0, 0.1) is 6.92 Å². The average molecular weight is 198 g/mol. The van der Waals surface area contributed by atoms with Crippen LogP contribution in [0.3, 0.4) is 0 Å². The summed E-state index contributed by atoms with van der Waals surface area (Å²) in [6, 6.07) is 1.88. The molecule has 1 heterocycles. The first-order valence-corrected chi connectivity index (χ1v) is 5.28. The molecule has 0 aliphatic rings. The fourth-order valence-electron chi connectivity index (χ4n) is 1.12. The van der Waals surface area contributed by atoms with Gasteiger partial charge in [-0.2, -0.15) is 0 Å². The highest BCUT2D eigenvalue weighted by Crippen LogP contribution is 2.16. The van der Waals surface area contributed by atoms with Gasteiger partial charge >= 0.3 is 0 Å². The fraction of sp³-hybridized carbons (Fsp3) is 0.500. The predicted octanol–water partition coefficient (Wildman–Crippen LogP) is 2.67. The molecule has 0 aliphatic heterocycles. The molecule has 0 radical (unpaired) electrons. The van der Waals surface area contributed by atoms with Crippen molar-refractivity contribution in [1.82, 2.24) is 0 Å². The number of rotatable bonds is 5. The number of hydrogen-bond acceptors (Lipinski definition) is 3. The van der Waals surface area contributed by atoms with Gasteiger partial charge in [0.2, 0.25) is 0 Å². The zero-order chi connectivity index (χ0) is 9.68. The monoisotopic (exact) mass is 198 g/mol. The summed E-state index contributed by atoms with van der Waals surface area (Å²) in [6.45, 7) is 5.11. The number of Topliss-reactive ketones (excluding diaryl/α,β-unsaturated/α-hetero) is 1. The lowest BCUT2D eigenvalue weighted by molar-refractivity contribution is 0.0896. The maximum absolute atomic E-state index is 11.5. The van der Waals surface area contributed by atoms with E-state index in [9.17, 15) is 4.79 Å². The van der Waals surface area contributed by atoms with Gasteiger partial charge in [-0.25, -0.2) is 0 Å². The summed E-state index contributed by atoms with van der Waals surface area (Å²) in [7, 11) is 0. The van der Waals surface area contributed by atoms with Gasteiger partial charge in [0, 0.05) is 23.5 Å². The van der Waals surface area contributed by atoms with Crippen LogP contribution in [0.4, 0.5) is 0 Å². The molecular formula is C10H14O2S. The third-order valence-electron chi connectivity index (χ3n) is 1.84. The van der Waals surface area contributed by atoms with Crippen molar-refractivity contribution < 1.29 is 9.53 Å². The van der Waals surface area contributed by atoms with E-state index < -0.39 is 0 Å². The Morgan fingerprint density at radius 3 is 2.92 bits per heavy atom. The molecule has 2 nitrogen and oxygen atoms in total. The first kappa shape index (κ1) is 10.4. The number of ether oxygens (including phenoxy) is 1. The Hall–Kier alpha value is -0.670. The van der Waals surface area contributed by atoms with Crippen LogP contribution >= 0.6 is 11.3 Å². The Balaban J connectivity index is 2.45. The molecule has 0 fully saturated rings. The van der Waals surface area contributed by atoms with Gasteiger partial charge < -0.3 is 4.74 Å². The molecule has 0 aromatic carbocycles. The normalized spacial score (nSPS) is 10.3. The van der Waals surface area contributed by atoms with Gasteiger partial charge in [-0.05, 0) is 25.3 Å². The summed E-state index contributed by atoms with van der Waals surface area (Å²) in [5.41, 5.74) is 0.852. The van der Waals surface area contributed by atoms with Crippen molar-refractivity contribution in [2.45, 2.75) is 20.3 Å². The van der Waals surface area contributed by atoms with E-state index in [0.29, 0.717) is 19.6 Å². The molecule has 0 N–H and O–H groups in total. The van der Waals surface area contributed by atoms with Crippen molar-refractivity contribution >= 4 is 17.1 Å². The van der Waals surface area contributed by atoms with Crippen LogP contribution in [0.2, 0.25) is 0 Å². The molecule has 0 bridgehead atoms. The van der Waals surface area contributed by atoms with Crippen LogP contribution in [0.25, 0.3) is 0 Å². The topological polar surface area (TPSA) is 26.3 Å². The van der Waals surface area contributed by atoms with Gasteiger partial charge in [-0.3, -0.25) is 4.79 Å². The predicted molar refractivity (Wildman–Crippen MR) is 54.5 cm³/mol. The van der Waals surface area contributed by atoms with Crippen molar-refractivity contribution in [2.24, 2.45) is 0 Å². The van der Waals surface area contributed by atoms with E-state index in [1.165, 1.54) is 0 Å². The average Bonchev–Trinajstić information content (AvgIpc) is 2.52. The molecule has 0 aliphatic carbocycles. The second-order valence-corrected chi connectivity index (χ2v) is 3.88. The summed E-state index contributed by atoms with van der Waals surface area (Å²) in [4.78, 5) is 12.6. The van der Waals surface area contributed by atoms with Crippen LogP contribution < -0.4 is 0 Å². The standard InChI is InChI=1S/C10H14O2S/c1-3-12-6-4-10(11)9-5-7-13-8(9)2/h5,7H,3-4,6H2,1-2H3. The molecule has 0 saturated carbocycles. The number of aryl methyl sites for hydroxylation is 1. The molecule has 13 heavy (non-hydrogen) atoms. The Bertz CT molecular complexity index is 278. The molecule has 0 atom stereocenters. The molecule has 0 unspecified atom stereocenters. The first-order valence-electron chi connectivity index (χ1n) is 4.40. The zero-order valence-electron chi connectivity index (χ0n) is 8.00. The van der Waals surface area contributed by atoms with Gasteiger partial charge in [0.15, 0.2) is 5.78 Å². The highest BCUT2D eigenvalue weighted by molar-refractivity contribution is 7.10. The third-order valence-corrected chi connectivity index (χ3v) is 2.68. The maximum atomic E-state index is 11.5. The van der Waals surface area contributed by atoms with E-state index in [1.807, 2.05) is 25.3 Å². The van der Waals surface area contributed by atoms with E-state index in [-0.39, 0.29) is 5.78 Å². The molecule has 1 aromatic rings. The highest BCUT2D eigenvalue weighted by atomic mass is 32.1. The lowest BCUT2D eigenvalue weighted by Gasteiger charge is -2.00. The fourth-order valence-corrected chi connectivity index (χ4v) is 1.84. The molecule has 0 spiro atoms. The molecule has 0 amide bonds. The van der Waals surface area contributed by atoms with Gasteiger partial charge in [0.25, 0.3) is 0 Å². The first-order chi connectivity index (χ1) is 6.25. The van der Waals surface area contributed by atoms with Gasteiger partial charge in [-0.1, -0.05) is 0 Å². The van der Waals surface area contributed by atoms with E-state index >= 15 is 0 Å². The minimum Gasteiger partial charge on any atom is -0.381 e. The number of hydrogen-bond donors (Lipinski definition) is 0. The minimum atomic E-state index is 0.187. The second-order valence-electron chi connectivity index (χ2n) is 2.76. The number of ketones is 1. The van der Waals surface area contributed by atoms with Crippen molar-refractivity contribution in [3.8, 4) is 0 Å². The third kappa shape index (κ3) is 2.94. The van der Waals surface area contributed by atoms with Crippen molar-refractivity contribution in [1.29, 1.82) is 0 Å². The van der Waals surface area contributed by atoms with Crippen LogP contribution in [-0.4, -0.2) is 19.0 Å². The smallest absolute Gasteiger partial charge is 0.166 e. The van der Waals surface area contributed by atoms with Gasteiger partial charge in [-0.15, -0.1) is 11.3 Å². The van der Waals surface area contributed by atoms with E-state index in [2.05, 4.69) is 0 Å². The highest BCUT2D eigenvalue weighted by Gasteiger charge is 2.08. The zero-order valence-corrected chi connectivity index (χ0v) is 8.82. The summed E-state index contributed by atoms with van der Waals surface area (Å²) in [5.74, 6) is 0.187. The molecule has 1 aromatic heterocycles. The van der Waals surface area contributed by atoms with Gasteiger partial charge in [0.05, 0.1) is 6.61 Å². The molecule has 72 valence electrons. The van der Waals surface area contributed by atoms with Crippen molar-refractivity contribution in [3.05, 3.63) is 21.9 Å². The number of thiophene rings is 1. The van der Waals surface area contributed by atoms with Crippen molar-refractivity contribution in [3.63, 3.8) is 0 Å². The SMILES string of the molecule is CCOCCC(=O)c1ccsc1C. The molecule has 1 rings (SSSR count). The lowest BCUT2D eigenvalue weighted by Crippen LogP contribution is -2.04.